The van der Waals surface area contributed by atoms with E-state index in [9.17, 15) is 0 Å². The van der Waals surface area contributed by atoms with Crippen LogP contribution >= 0.6 is 0 Å². The van der Waals surface area contributed by atoms with Crippen LogP contribution in [0.2, 0.25) is 0 Å². The van der Waals surface area contributed by atoms with Crippen molar-refractivity contribution in [3.8, 4) is 0 Å². The predicted molar refractivity (Wildman–Crippen MR) is 91.6 cm³/mol. The molecule has 0 amide bonds. The summed E-state index contributed by atoms with van der Waals surface area (Å²) in [6, 6.07) is 0.668. The molecular formula is C18H37N3. The molecule has 0 aromatic heterocycles. The Balaban J connectivity index is 2.06. The first-order valence-corrected chi connectivity index (χ1v) is 9.08. The second kappa shape index (κ2) is 6.97. The lowest BCUT2D eigenvalue weighted by molar-refractivity contribution is 0.0771. The molecule has 2 aliphatic heterocycles. The van der Waals surface area contributed by atoms with Gasteiger partial charge in [-0.1, -0.05) is 13.8 Å². The summed E-state index contributed by atoms with van der Waals surface area (Å²) < 4.78 is 0. The lowest BCUT2D eigenvalue weighted by Crippen LogP contribution is -2.55. The fraction of sp³-hybridized carbons (Fsp3) is 1.00. The third-order valence-electron chi connectivity index (χ3n) is 6.07. The SMILES string of the molecule is CC(C)N1CCCC(CN)(N2CCCC(C)(C)CC2)CC1. The highest BCUT2D eigenvalue weighted by Crippen LogP contribution is 2.35. The Labute approximate surface area is 132 Å². The first kappa shape index (κ1) is 17.2. The van der Waals surface area contributed by atoms with Crippen molar-refractivity contribution in [1.82, 2.24) is 9.80 Å². The summed E-state index contributed by atoms with van der Waals surface area (Å²) in [6.45, 7) is 15.3. The second-order valence-corrected chi connectivity index (χ2v) is 8.42. The standard InChI is InChI=1S/C18H37N3/c1-16(2)20-11-6-8-18(15-19,10-13-20)21-12-5-7-17(3,4)9-14-21/h16H,5-15,19H2,1-4H3. The van der Waals surface area contributed by atoms with E-state index in [1.807, 2.05) is 0 Å². The fourth-order valence-electron chi connectivity index (χ4n) is 4.26. The molecule has 1 unspecified atom stereocenters. The predicted octanol–water partition coefficient (Wildman–Crippen LogP) is 3.09. The molecular weight excluding hydrogens is 258 g/mol. The maximum atomic E-state index is 6.32. The molecule has 0 radical (unpaired) electrons. The van der Waals surface area contributed by atoms with Gasteiger partial charge in [0.1, 0.15) is 0 Å². The Morgan fingerprint density at radius 2 is 1.62 bits per heavy atom. The normalized spacial score (nSPS) is 32.9. The van der Waals surface area contributed by atoms with E-state index in [0.29, 0.717) is 11.5 Å². The largest absolute Gasteiger partial charge is 0.329 e. The average molecular weight is 296 g/mol. The van der Waals surface area contributed by atoms with E-state index in [2.05, 4.69) is 37.5 Å². The van der Waals surface area contributed by atoms with Gasteiger partial charge in [-0.05, 0) is 77.4 Å². The summed E-state index contributed by atoms with van der Waals surface area (Å²) >= 11 is 0. The molecule has 3 nitrogen and oxygen atoms in total. The molecule has 2 aliphatic rings. The summed E-state index contributed by atoms with van der Waals surface area (Å²) in [6.07, 6.45) is 7.86. The number of hydrogen-bond donors (Lipinski definition) is 1. The summed E-state index contributed by atoms with van der Waals surface area (Å²) in [5, 5.41) is 0. The van der Waals surface area contributed by atoms with Crippen molar-refractivity contribution in [2.24, 2.45) is 11.1 Å². The van der Waals surface area contributed by atoms with Crippen molar-refractivity contribution in [3.63, 3.8) is 0 Å². The Morgan fingerprint density at radius 1 is 0.905 bits per heavy atom. The summed E-state index contributed by atoms with van der Waals surface area (Å²) in [4.78, 5) is 5.41. The number of nitrogens with zero attached hydrogens (tertiary/aromatic N) is 2. The highest BCUT2D eigenvalue weighted by molar-refractivity contribution is 4.96. The van der Waals surface area contributed by atoms with Crippen LogP contribution < -0.4 is 5.73 Å². The van der Waals surface area contributed by atoms with Gasteiger partial charge in [0.05, 0.1) is 0 Å². The minimum atomic E-state index is 0.268. The zero-order valence-corrected chi connectivity index (χ0v) is 14.8. The maximum absolute atomic E-state index is 6.32. The quantitative estimate of drug-likeness (QED) is 0.868. The first-order valence-electron chi connectivity index (χ1n) is 9.08. The Morgan fingerprint density at radius 3 is 2.29 bits per heavy atom. The molecule has 0 saturated carbocycles. The third-order valence-corrected chi connectivity index (χ3v) is 6.07. The second-order valence-electron chi connectivity index (χ2n) is 8.42. The summed E-state index contributed by atoms with van der Waals surface area (Å²) in [7, 11) is 0. The van der Waals surface area contributed by atoms with Gasteiger partial charge >= 0.3 is 0 Å². The number of nitrogens with two attached hydrogens (primary N) is 1. The van der Waals surface area contributed by atoms with E-state index >= 15 is 0 Å². The van der Waals surface area contributed by atoms with Gasteiger partial charge in [-0.3, -0.25) is 4.90 Å². The molecule has 3 heteroatoms. The molecule has 2 fully saturated rings. The van der Waals surface area contributed by atoms with Gasteiger partial charge < -0.3 is 10.6 Å². The molecule has 2 N–H and O–H groups in total. The molecule has 0 aliphatic carbocycles. The topological polar surface area (TPSA) is 32.5 Å². The Kier molecular flexibility index (Phi) is 5.72. The molecule has 21 heavy (non-hydrogen) atoms. The van der Waals surface area contributed by atoms with Crippen molar-refractivity contribution in [1.29, 1.82) is 0 Å². The van der Waals surface area contributed by atoms with Crippen molar-refractivity contribution in [2.45, 2.75) is 77.8 Å². The Hall–Kier alpha value is -0.120. The molecule has 0 aromatic carbocycles. The lowest BCUT2D eigenvalue weighted by atomic mass is 9.85. The maximum Gasteiger partial charge on any atom is 0.0344 e. The molecule has 0 spiro atoms. The van der Waals surface area contributed by atoms with E-state index in [4.69, 9.17) is 5.73 Å². The highest BCUT2D eigenvalue weighted by Gasteiger charge is 2.39. The van der Waals surface area contributed by atoms with Gasteiger partial charge in [0, 0.05) is 24.7 Å². The van der Waals surface area contributed by atoms with Crippen LogP contribution in [0.25, 0.3) is 0 Å². The molecule has 2 saturated heterocycles. The smallest absolute Gasteiger partial charge is 0.0344 e. The van der Waals surface area contributed by atoms with Gasteiger partial charge in [-0.25, -0.2) is 0 Å². The van der Waals surface area contributed by atoms with Crippen LogP contribution in [0.1, 0.15) is 66.2 Å². The minimum absolute atomic E-state index is 0.268. The van der Waals surface area contributed by atoms with Crippen LogP contribution in [0.3, 0.4) is 0 Å². The molecule has 1 atom stereocenters. The van der Waals surface area contributed by atoms with Crippen molar-refractivity contribution < 1.29 is 0 Å². The first-order chi connectivity index (χ1) is 9.88. The van der Waals surface area contributed by atoms with Crippen LogP contribution in [0.5, 0.6) is 0 Å². The Bertz CT molecular complexity index is 326. The van der Waals surface area contributed by atoms with Crippen LogP contribution in [0.4, 0.5) is 0 Å². The van der Waals surface area contributed by atoms with E-state index in [1.54, 1.807) is 0 Å². The van der Waals surface area contributed by atoms with Crippen molar-refractivity contribution in [2.75, 3.05) is 32.7 Å². The van der Waals surface area contributed by atoms with Crippen LogP contribution in [0, 0.1) is 5.41 Å². The minimum Gasteiger partial charge on any atom is -0.329 e. The zero-order valence-electron chi connectivity index (χ0n) is 14.8. The zero-order chi connectivity index (χ0) is 15.5. The molecule has 0 bridgehead atoms. The monoisotopic (exact) mass is 295 g/mol. The highest BCUT2D eigenvalue weighted by atomic mass is 15.2. The fourth-order valence-corrected chi connectivity index (χ4v) is 4.26. The molecule has 0 aromatic rings. The van der Waals surface area contributed by atoms with E-state index in [-0.39, 0.29) is 5.54 Å². The average Bonchev–Trinajstić information content (AvgIpc) is 2.75. The van der Waals surface area contributed by atoms with Crippen LogP contribution in [-0.2, 0) is 0 Å². The van der Waals surface area contributed by atoms with Crippen LogP contribution in [-0.4, -0.2) is 54.1 Å². The van der Waals surface area contributed by atoms with E-state index in [1.165, 1.54) is 64.7 Å². The van der Waals surface area contributed by atoms with Gasteiger partial charge in [0.2, 0.25) is 0 Å². The van der Waals surface area contributed by atoms with Crippen molar-refractivity contribution >= 4 is 0 Å². The van der Waals surface area contributed by atoms with Gasteiger partial charge in [-0.15, -0.1) is 0 Å². The molecule has 2 rings (SSSR count). The van der Waals surface area contributed by atoms with Crippen LogP contribution in [0.15, 0.2) is 0 Å². The third kappa shape index (κ3) is 4.20. The van der Waals surface area contributed by atoms with E-state index in [0.717, 1.165) is 6.54 Å². The summed E-state index contributed by atoms with van der Waals surface area (Å²) in [5.41, 5.74) is 7.10. The molecule has 124 valence electrons. The van der Waals surface area contributed by atoms with Gasteiger partial charge in [0.15, 0.2) is 0 Å². The number of likely N-dealkylation sites (tertiary alicyclic amines) is 2. The molecule has 2 heterocycles. The lowest BCUT2D eigenvalue weighted by Gasteiger charge is -2.43. The van der Waals surface area contributed by atoms with E-state index < -0.39 is 0 Å². The summed E-state index contributed by atoms with van der Waals surface area (Å²) in [5.74, 6) is 0. The van der Waals surface area contributed by atoms with Crippen molar-refractivity contribution in [3.05, 3.63) is 0 Å². The number of rotatable bonds is 3. The number of hydrogen-bond acceptors (Lipinski definition) is 3. The van der Waals surface area contributed by atoms with Gasteiger partial charge in [-0.2, -0.15) is 0 Å². The van der Waals surface area contributed by atoms with Gasteiger partial charge in [0.25, 0.3) is 0 Å².